The third-order valence-electron chi connectivity index (χ3n) is 5.02. The van der Waals surface area contributed by atoms with Crippen LogP contribution in [0, 0.1) is 13.8 Å². The van der Waals surface area contributed by atoms with Crippen molar-refractivity contribution in [2.45, 2.75) is 32.7 Å². The third kappa shape index (κ3) is 3.12. The summed E-state index contributed by atoms with van der Waals surface area (Å²) in [6, 6.07) is 14.4. The van der Waals surface area contributed by atoms with E-state index in [1.165, 1.54) is 33.3 Å². The zero-order chi connectivity index (χ0) is 17.4. The number of rotatable bonds is 4. The van der Waals surface area contributed by atoms with Crippen LogP contribution in [-0.2, 0) is 17.6 Å². The normalized spacial score (nSPS) is 16.0. The first-order valence-corrected chi connectivity index (χ1v) is 8.68. The maximum absolute atomic E-state index is 12.2. The zero-order valence-electron chi connectivity index (χ0n) is 14.6. The van der Waals surface area contributed by atoms with E-state index in [2.05, 4.69) is 35.4 Å². The van der Waals surface area contributed by atoms with E-state index in [9.17, 15) is 4.79 Å². The Labute approximate surface area is 147 Å². The molecule has 1 aromatic heterocycles. The van der Waals surface area contributed by atoms with E-state index in [0.717, 1.165) is 18.6 Å². The van der Waals surface area contributed by atoms with E-state index in [-0.39, 0.29) is 18.6 Å². The van der Waals surface area contributed by atoms with Gasteiger partial charge in [0.05, 0.1) is 0 Å². The monoisotopic (exact) mass is 334 g/mol. The largest absolute Gasteiger partial charge is 0.484 e. The van der Waals surface area contributed by atoms with E-state index >= 15 is 0 Å². The molecule has 25 heavy (non-hydrogen) atoms. The molecule has 4 rings (SSSR count). The lowest BCUT2D eigenvalue weighted by molar-refractivity contribution is -0.123. The van der Waals surface area contributed by atoms with Gasteiger partial charge in [0.1, 0.15) is 5.75 Å². The summed E-state index contributed by atoms with van der Waals surface area (Å²) < 4.78 is 5.62. The Kier molecular flexibility index (Phi) is 3.96. The van der Waals surface area contributed by atoms with Gasteiger partial charge >= 0.3 is 0 Å². The first-order chi connectivity index (χ1) is 12.1. The number of ether oxygens (including phenoxy) is 1. The van der Waals surface area contributed by atoms with Crippen molar-refractivity contribution >= 4 is 16.8 Å². The fourth-order valence-corrected chi connectivity index (χ4v) is 3.55. The molecule has 3 aromatic rings. The average Bonchev–Trinajstić information content (AvgIpc) is 3.13. The van der Waals surface area contributed by atoms with Crippen molar-refractivity contribution in [2.24, 2.45) is 0 Å². The van der Waals surface area contributed by atoms with Crippen LogP contribution in [0.15, 0.2) is 42.5 Å². The molecule has 0 radical (unpaired) electrons. The molecule has 2 N–H and O–H groups in total. The van der Waals surface area contributed by atoms with Crippen molar-refractivity contribution in [3.63, 3.8) is 0 Å². The van der Waals surface area contributed by atoms with E-state index in [1.807, 2.05) is 31.2 Å². The van der Waals surface area contributed by atoms with Gasteiger partial charge in [0, 0.05) is 29.1 Å². The fraction of sp³-hybridized carbons (Fsp3) is 0.286. The third-order valence-corrected chi connectivity index (χ3v) is 5.02. The number of carbonyl (C=O) groups is 1. The number of nitrogens with one attached hydrogen (secondary N) is 2. The number of hydrogen-bond donors (Lipinski definition) is 2. The number of aromatic amines is 1. The highest BCUT2D eigenvalue weighted by Crippen LogP contribution is 2.29. The Balaban J connectivity index is 1.35. The predicted octanol–water partition coefficient (Wildman–Crippen LogP) is 3.45. The van der Waals surface area contributed by atoms with Gasteiger partial charge in [-0.3, -0.25) is 4.79 Å². The number of aromatic nitrogens is 1. The molecule has 1 aliphatic rings. The molecule has 0 aliphatic heterocycles. The minimum absolute atomic E-state index is 0.0493. The molecular weight excluding hydrogens is 312 g/mol. The lowest BCUT2D eigenvalue weighted by Gasteiger charge is -2.13. The molecule has 4 nitrogen and oxygen atoms in total. The van der Waals surface area contributed by atoms with Gasteiger partial charge in [0.2, 0.25) is 0 Å². The van der Waals surface area contributed by atoms with Crippen molar-refractivity contribution in [3.8, 4) is 5.75 Å². The number of fused-ring (bicyclic) bond motifs is 3. The molecule has 0 fully saturated rings. The van der Waals surface area contributed by atoms with E-state index in [4.69, 9.17) is 4.74 Å². The van der Waals surface area contributed by atoms with Gasteiger partial charge in [-0.2, -0.15) is 0 Å². The highest BCUT2D eigenvalue weighted by Gasteiger charge is 2.26. The molecule has 128 valence electrons. The molecule has 2 aromatic carbocycles. The van der Waals surface area contributed by atoms with Crippen LogP contribution >= 0.6 is 0 Å². The van der Waals surface area contributed by atoms with E-state index in [0.29, 0.717) is 0 Å². The molecule has 0 bridgehead atoms. The summed E-state index contributed by atoms with van der Waals surface area (Å²) in [7, 11) is 0. The summed E-state index contributed by atoms with van der Waals surface area (Å²) in [5.74, 6) is 0.665. The second kappa shape index (κ2) is 6.28. The summed E-state index contributed by atoms with van der Waals surface area (Å²) >= 11 is 0. The van der Waals surface area contributed by atoms with Gasteiger partial charge < -0.3 is 15.0 Å². The van der Waals surface area contributed by atoms with E-state index in [1.54, 1.807) is 0 Å². The van der Waals surface area contributed by atoms with Gasteiger partial charge in [0.25, 0.3) is 5.91 Å². The van der Waals surface area contributed by atoms with Crippen molar-refractivity contribution in [2.75, 3.05) is 6.61 Å². The molecule has 1 atom stereocenters. The predicted molar refractivity (Wildman–Crippen MR) is 99.0 cm³/mol. The minimum Gasteiger partial charge on any atom is -0.484 e. The van der Waals surface area contributed by atoms with Crippen molar-refractivity contribution in [1.29, 1.82) is 0 Å². The number of amides is 1. The van der Waals surface area contributed by atoms with Gasteiger partial charge in [0.15, 0.2) is 6.61 Å². The molecular formula is C21H22N2O2. The highest BCUT2D eigenvalue weighted by atomic mass is 16.5. The van der Waals surface area contributed by atoms with Gasteiger partial charge in [-0.1, -0.05) is 24.3 Å². The number of H-pyrrole nitrogens is 1. The van der Waals surface area contributed by atoms with Gasteiger partial charge in [-0.25, -0.2) is 0 Å². The van der Waals surface area contributed by atoms with E-state index < -0.39 is 0 Å². The Morgan fingerprint density at radius 1 is 1.16 bits per heavy atom. The van der Waals surface area contributed by atoms with Crippen molar-refractivity contribution in [3.05, 3.63) is 64.8 Å². The van der Waals surface area contributed by atoms with Crippen LogP contribution in [0.4, 0.5) is 0 Å². The van der Waals surface area contributed by atoms with Crippen LogP contribution in [0.2, 0.25) is 0 Å². The number of benzene rings is 2. The lowest BCUT2D eigenvalue weighted by Crippen LogP contribution is -2.38. The Morgan fingerprint density at radius 3 is 2.84 bits per heavy atom. The molecule has 1 unspecified atom stereocenters. The van der Waals surface area contributed by atoms with Crippen LogP contribution in [-0.4, -0.2) is 23.5 Å². The molecule has 0 spiro atoms. The molecule has 1 heterocycles. The Hall–Kier alpha value is -2.75. The standard InChI is InChI=1S/C21H22N2O2/c1-13-7-8-16(9-14(13)2)25-12-21(24)22-15-10-18-17-5-3-4-6-19(17)23-20(18)11-15/h3-9,15,23H,10-12H2,1-2H3,(H,22,24). The SMILES string of the molecule is Cc1ccc(OCC(=O)NC2Cc3[nH]c4ccccc4c3C2)cc1C. The maximum Gasteiger partial charge on any atom is 0.258 e. The summed E-state index contributed by atoms with van der Waals surface area (Å²) in [6.45, 7) is 4.15. The minimum atomic E-state index is -0.0716. The maximum atomic E-state index is 12.2. The van der Waals surface area contributed by atoms with Crippen LogP contribution in [0.25, 0.3) is 10.9 Å². The molecule has 1 aliphatic carbocycles. The smallest absolute Gasteiger partial charge is 0.258 e. The van der Waals surface area contributed by atoms with Crippen LogP contribution in [0.3, 0.4) is 0 Å². The summed E-state index contributed by atoms with van der Waals surface area (Å²) in [5, 5.41) is 4.35. The summed E-state index contributed by atoms with van der Waals surface area (Å²) in [6.07, 6.45) is 1.72. The van der Waals surface area contributed by atoms with Gasteiger partial charge in [-0.05, 0) is 55.2 Å². The molecule has 0 saturated heterocycles. The number of carbonyl (C=O) groups excluding carboxylic acids is 1. The Morgan fingerprint density at radius 2 is 2.00 bits per heavy atom. The van der Waals surface area contributed by atoms with Crippen molar-refractivity contribution < 1.29 is 9.53 Å². The Bertz CT molecular complexity index is 942. The molecule has 1 amide bonds. The molecule has 4 heteroatoms. The first-order valence-electron chi connectivity index (χ1n) is 8.68. The summed E-state index contributed by atoms with van der Waals surface area (Å²) in [5.41, 5.74) is 6.13. The lowest BCUT2D eigenvalue weighted by atomic mass is 10.1. The zero-order valence-corrected chi connectivity index (χ0v) is 14.6. The first kappa shape index (κ1) is 15.8. The number of para-hydroxylation sites is 1. The average molecular weight is 334 g/mol. The van der Waals surface area contributed by atoms with Gasteiger partial charge in [-0.15, -0.1) is 0 Å². The number of hydrogen-bond acceptors (Lipinski definition) is 2. The van der Waals surface area contributed by atoms with Crippen LogP contribution < -0.4 is 10.1 Å². The summed E-state index contributed by atoms with van der Waals surface area (Å²) in [4.78, 5) is 15.7. The quantitative estimate of drug-likeness (QED) is 0.768. The van der Waals surface area contributed by atoms with Crippen molar-refractivity contribution in [1.82, 2.24) is 10.3 Å². The molecule has 0 saturated carbocycles. The number of aryl methyl sites for hydroxylation is 2. The second-order valence-electron chi connectivity index (χ2n) is 6.84. The second-order valence-corrected chi connectivity index (χ2v) is 6.84. The topological polar surface area (TPSA) is 54.1 Å². The fourth-order valence-electron chi connectivity index (χ4n) is 3.55. The van der Waals surface area contributed by atoms with Crippen LogP contribution in [0.5, 0.6) is 5.75 Å². The van der Waals surface area contributed by atoms with Crippen LogP contribution in [0.1, 0.15) is 22.4 Å². The highest BCUT2D eigenvalue weighted by molar-refractivity contribution is 5.86.